The second-order valence-electron chi connectivity index (χ2n) is 9.00. The van der Waals surface area contributed by atoms with Crippen LogP contribution in [-0.4, -0.2) is 53.5 Å². The predicted octanol–water partition coefficient (Wildman–Crippen LogP) is 4.13. The number of ether oxygens (including phenoxy) is 3. The molecule has 0 aliphatic rings. The number of aromatic amines is 1. The number of hydrogen-bond donors (Lipinski definition) is 3. The molecule has 1 aromatic carbocycles. The van der Waals surface area contributed by atoms with Crippen molar-refractivity contribution in [3.8, 4) is 5.75 Å². The van der Waals surface area contributed by atoms with Crippen LogP contribution in [0, 0.1) is 0 Å². The van der Waals surface area contributed by atoms with Crippen LogP contribution in [0.25, 0.3) is 21.9 Å². The van der Waals surface area contributed by atoms with E-state index in [1.807, 2.05) is 32.9 Å². The Kier molecular flexibility index (Phi) is 7.97. The summed E-state index contributed by atoms with van der Waals surface area (Å²) in [5.74, 6) is 1.97. The normalized spacial score (nSPS) is 11.8. The summed E-state index contributed by atoms with van der Waals surface area (Å²) in [5, 5.41) is 3.74. The highest BCUT2D eigenvalue weighted by molar-refractivity contribution is 6.08. The zero-order valence-corrected chi connectivity index (χ0v) is 20.2. The van der Waals surface area contributed by atoms with Gasteiger partial charge in [-0.2, -0.15) is 0 Å². The first kappa shape index (κ1) is 24.6. The van der Waals surface area contributed by atoms with Gasteiger partial charge in [-0.1, -0.05) is 13.3 Å². The van der Waals surface area contributed by atoms with Crippen molar-refractivity contribution in [1.82, 2.24) is 20.3 Å². The molecule has 2 heterocycles. The van der Waals surface area contributed by atoms with Crippen LogP contribution in [0.4, 0.5) is 10.6 Å². The first-order chi connectivity index (χ1) is 15.7. The van der Waals surface area contributed by atoms with Gasteiger partial charge in [-0.25, -0.2) is 14.8 Å². The van der Waals surface area contributed by atoms with E-state index in [1.54, 1.807) is 7.11 Å². The molecule has 2 aromatic heterocycles. The number of pyridine rings is 1. The number of aromatic nitrogens is 3. The summed E-state index contributed by atoms with van der Waals surface area (Å²) < 4.78 is 16.4. The van der Waals surface area contributed by atoms with Gasteiger partial charge in [0, 0.05) is 31.5 Å². The molecule has 9 nitrogen and oxygen atoms in total. The average Bonchev–Trinajstić information content (AvgIpc) is 3.15. The summed E-state index contributed by atoms with van der Waals surface area (Å²) in [7, 11) is 1.67. The van der Waals surface area contributed by atoms with Gasteiger partial charge >= 0.3 is 6.09 Å². The molecule has 0 fully saturated rings. The smallest absolute Gasteiger partial charge is 0.407 e. The van der Waals surface area contributed by atoms with Gasteiger partial charge in [0.05, 0.1) is 18.7 Å². The second kappa shape index (κ2) is 10.7. The topological polar surface area (TPSA) is 124 Å². The molecule has 0 bridgehead atoms. The molecule has 0 spiro atoms. The first-order valence-electron chi connectivity index (χ1n) is 11.4. The molecule has 180 valence electrons. The number of nitrogens with one attached hydrogen (secondary N) is 2. The SMILES string of the molecule is CCCc1cc(OCCCNC(=O)OC(C)(C)C)cc2nc(N)c3[nH]c(CCOC)nc3c12. The minimum atomic E-state index is -0.513. The molecule has 1 amide bonds. The van der Waals surface area contributed by atoms with Crippen molar-refractivity contribution < 1.29 is 19.0 Å². The third-order valence-corrected chi connectivity index (χ3v) is 4.98. The fourth-order valence-corrected chi connectivity index (χ4v) is 3.63. The lowest BCUT2D eigenvalue weighted by molar-refractivity contribution is 0.0525. The molecular weight excluding hydrogens is 422 g/mol. The zero-order valence-electron chi connectivity index (χ0n) is 20.2. The predicted molar refractivity (Wildman–Crippen MR) is 130 cm³/mol. The molecule has 0 saturated carbocycles. The Morgan fingerprint density at radius 1 is 1.18 bits per heavy atom. The number of fused-ring (bicyclic) bond motifs is 3. The zero-order chi connectivity index (χ0) is 24.0. The Hall–Kier alpha value is -3.07. The maximum Gasteiger partial charge on any atom is 0.407 e. The number of amides is 1. The van der Waals surface area contributed by atoms with E-state index < -0.39 is 11.7 Å². The van der Waals surface area contributed by atoms with E-state index in [4.69, 9.17) is 24.9 Å². The van der Waals surface area contributed by atoms with Gasteiger partial charge in [0.1, 0.15) is 34.0 Å². The van der Waals surface area contributed by atoms with Gasteiger partial charge in [-0.3, -0.25) is 0 Å². The summed E-state index contributed by atoms with van der Waals surface area (Å²) in [4.78, 5) is 24.5. The van der Waals surface area contributed by atoms with Gasteiger partial charge in [0.15, 0.2) is 0 Å². The summed E-state index contributed by atoms with van der Waals surface area (Å²) >= 11 is 0. The standard InChI is InChI=1S/C24H35N5O4/c1-6-8-15-13-16(32-11-7-10-26-23(30)33-24(2,3)4)14-17-19(15)20-21(22(25)27-17)29-18(28-20)9-12-31-5/h13-14H,6-12H2,1-5H3,(H2,25,27)(H,26,30)(H,28,29). The van der Waals surface area contributed by atoms with Gasteiger partial charge < -0.3 is 30.2 Å². The molecule has 0 saturated heterocycles. The average molecular weight is 458 g/mol. The van der Waals surface area contributed by atoms with Gasteiger partial charge in [-0.15, -0.1) is 0 Å². The van der Waals surface area contributed by atoms with E-state index >= 15 is 0 Å². The number of hydrogen-bond acceptors (Lipinski definition) is 7. The maximum absolute atomic E-state index is 11.7. The number of imidazole rings is 1. The number of carbonyl (C=O) groups excluding carboxylic acids is 1. The summed E-state index contributed by atoms with van der Waals surface area (Å²) in [6.45, 7) is 9.14. The maximum atomic E-state index is 11.7. The molecule has 0 unspecified atom stereocenters. The summed E-state index contributed by atoms with van der Waals surface area (Å²) in [6.07, 6.45) is 2.75. The fraction of sp³-hybridized carbons (Fsp3) is 0.542. The molecule has 0 atom stereocenters. The van der Waals surface area contributed by atoms with Crippen molar-refractivity contribution in [2.24, 2.45) is 0 Å². The van der Waals surface area contributed by atoms with E-state index in [9.17, 15) is 4.79 Å². The van der Waals surface area contributed by atoms with E-state index in [-0.39, 0.29) is 0 Å². The molecular formula is C24H35N5O4. The van der Waals surface area contributed by atoms with E-state index in [0.29, 0.717) is 38.4 Å². The van der Waals surface area contributed by atoms with Gasteiger partial charge in [0.25, 0.3) is 0 Å². The Balaban J connectivity index is 1.76. The molecule has 3 rings (SSSR count). The van der Waals surface area contributed by atoms with Crippen molar-refractivity contribution in [3.05, 3.63) is 23.5 Å². The van der Waals surface area contributed by atoms with Crippen LogP contribution < -0.4 is 15.8 Å². The number of nitrogens with two attached hydrogens (primary N) is 1. The lowest BCUT2D eigenvalue weighted by Gasteiger charge is -2.19. The molecule has 0 aliphatic carbocycles. The number of anilines is 1. The van der Waals surface area contributed by atoms with Crippen molar-refractivity contribution in [2.45, 2.75) is 59.0 Å². The van der Waals surface area contributed by atoms with Crippen molar-refractivity contribution >= 4 is 33.8 Å². The summed E-state index contributed by atoms with van der Waals surface area (Å²) in [5.41, 5.74) is 9.21. The molecule has 9 heteroatoms. The van der Waals surface area contributed by atoms with Crippen LogP contribution in [0.2, 0.25) is 0 Å². The van der Waals surface area contributed by atoms with Crippen LogP contribution >= 0.6 is 0 Å². The molecule has 0 radical (unpaired) electrons. The Bertz CT molecular complexity index is 1100. The second-order valence-corrected chi connectivity index (χ2v) is 9.00. The Morgan fingerprint density at radius 2 is 1.97 bits per heavy atom. The molecule has 3 aromatic rings. The van der Waals surface area contributed by atoms with Crippen LogP contribution in [-0.2, 0) is 22.3 Å². The number of rotatable bonds is 10. The lowest BCUT2D eigenvalue weighted by Crippen LogP contribution is -2.33. The van der Waals surface area contributed by atoms with Crippen LogP contribution in [0.5, 0.6) is 5.75 Å². The van der Waals surface area contributed by atoms with E-state index in [0.717, 1.165) is 51.9 Å². The Morgan fingerprint density at radius 3 is 2.67 bits per heavy atom. The molecule has 33 heavy (non-hydrogen) atoms. The van der Waals surface area contributed by atoms with Crippen molar-refractivity contribution in [3.63, 3.8) is 0 Å². The first-order valence-corrected chi connectivity index (χ1v) is 11.4. The number of methoxy groups -OCH3 is 1. The molecule has 4 N–H and O–H groups in total. The minimum Gasteiger partial charge on any atom is -0.493 e. The highest BCUT2D eigenvalue weighted by Gasteiger charge is 2.17. The third-order valence-electron chi connectivity index (χ3n) is 4.98. The van der Waals surface area contributed by atoms with E-state index in [1.165, 1.54) is 0 Å². The number of carbonyl (C=O) groups is 1. The monoisotopic (exact) mass is 457 g/mol. The summed E-state index contributed by atoms with van der Waals surface area (Å²) in [6, 6.07) is 3.95. The van der Waals surface area contributed by atoms with Crippen LogP contribution in [0.15, 0.2) is 12.1 Å². The Labute approximate surface area is 194 Å². The van der Waals surface area contributed by atoms with E-state index in [2.05, 4.69) is 22.2 Å². The molecule has 0 aliphatic heterocycles. The lowest BCUT2D eigenvalue weighted by atomic mass is 10.0. The van der Waals surface area contributed by atoms with Crippen LogP contribution in [0.3, 0.4) is 0 Å². The van der Waals surface area contributed by atoms with Gasteiger partial charge in [0.2, 0.25) is 0 Å². The number of H-pyrrole nitrogens is 1. The largest absolute Gasteiger partial charge is 0.493 e. The number of nitrogen functional groups attached to an aromatic ring is 1. The number of alkyl carbamates (subject to hydrolysis) is 1. The van der Waals surface area contributed by atoms with Crippen LogP contribution in [0.1, 0.15) is 51.9 Å². The third kappa shape index (κ3) is 6.47. The number of benzene rings is 1. The number of nitrogens with zero attached hydrogens (tertiary/aromatic N) is 2. The highest BCUT2D eigenvalue weighted by Crippen LogP contribution is 2.33. The van der Waals surface area contributed by atoms with Crippen molar-refractivity contribution in [1.29, 1.82) is 0 Å². The quantitative estimate of drug-likeness (QED) is 0.391. The number of aryl methyl sites for hydroxylation is 1. The minimum absolute atomic E-state index is 0.412. The van der Waals surface area contributed by atoms with Crippen molar-refractivity contribution in [2.75, 3.05) is 32.6 Å². The fourth-order valence-electron chi connectivity index (χ4n) is 3.63. The van der Waals surface area contributed by atoms with Gasteiger partial charge in [-0.05, 0) is 45.2 Å². The highest BCUT2D eigenvalue weighted by atomic mass is 16.6.